The van der Waals surface area contributed by atoms with Crippen LogP contribution in [0, 0.1) is 0 Å². The normalized spacial score (nSPS) is 14.7. The van der Waals surface area contributed by atoms with Crippen molar-refractivity contribution in [2.24, 2.45) is 0 Å². The van der Waals surface area contributed by atoms with Gasteiger partial charge in [0.15, 0.2) is 5.69 Å². The van der Waals surface area contributed by atoms with Crippen LogP contribution in [0.3, 0.4) is 0 Å². The number of aromatic nitrogens is 1. The molecule has 0 amide bonds. The van der Waals surface area contributed by atoms with Crippen LogP contribution in [0.25, 0.3) is 0 Å². The Labute approximate surface area is 155 Å². The zero-order chi connectivity index (χ0) is 17.9. The van der Waals surface area contributed by atoms with Crippen LogP contribution in [0.1, 0.15) is 31.9 Å². The Bertz CT molecular complexity index is 995. The minimum absolute atomic E-state index is 0.109. The summed E-state index contributed by atoms with van der Waals surface area (Å²) in [5, 5.41) is 0. The zero-order valence-electron chi connectivity index (χ0n) is 15.4. The molecule has 0 saturated heterocycles. The Balaban J connectivity index is 1.72. The third-order valence-corrected chi connectivity index (χ3v) is 5.35. The SMILES string of the molecule is CC(C)(C)c1cc[n+]2c(c1)N1B(c3ccccc3)Oc3cccc(c31)C2. The first kappa shape index (κ1) is 15.5. The summed E-state index contributed by atoms with van der Waals surface area (Å²) in [5.74, 6) is 2.17. The van der Waals surface area contributed by atoms with Crippen LogP contribution in [-0.4, -0.2) is 7.05 Å². The Morgan fingerprint density at radius 3 is 2.58 bits per heavy atom. The molecule has 0 atom stereocenters. The fraction of sp³-hybridized carbons (Fsp3) is 0.227. The summed E-state index contributed by atoms with van der Waals surface area (Å²) in [6, 6.07) is 21.4. The maximum absolute atomic E-state index is 6.41. The molecule has 0 saturated carbocycles. The van der Waals surface area contributed by atoms with E-state index >= 15 is 0 Å². The smallest absolute Gasteiger partial charge is 0.514 e. The molecule has 3 aromatic rings. The van der Waals surface area contributed by atoms with Crippen molar-refractivity contribution < 1.29 is 9.22 Å². The molecule has 2 aromatic carbocycles. The van der Waals surface area contributed by atoms with Crippen molar-refractivity contribution >= 4 is 24.0 Å². The lowest BCUT2D eigenvalue weighted by atomic mass is 9.71. The van der Waals surface area contributed by atoms with Crippen LogP contribution in [0.15, 0.2) is 66.9 Å². The number of para-hydroxylation sites is 1. The zero-order valence-corrected chi connectivity index (χ0v) is 15.4. The van der Waals surface area contributed by atoms with Gasteiger partial charge in [-0.3, -0.25) is 0 Å². The van der Waals surface area contributed by atoms with E-state index in [1.807, 2.05) is 6.07 Å². The summed E-state index contributed by atoms with van der Waals surface area (Å²) >= 11 is 0. The Morgan fingerprint density at radius 2 is 1.81 bits per heavy atom. The predicted molar refractivity (Wildman–Crippen MR) is 105 cm³/mol. The van der Waals surface area contributed by atoms with Gasteiger partial charge in [0.25, 0.3) is 5.82 Å². The van der Waals surface area contributed by atoms with E-state index in [2.05, 4.69) is 90.9 Å². The molecule has 2 aliphatic rings. The van der Waals surface area contributed by atoms with Crippen molar-refractivity contribution in [2.45, 2.75) is 32.7 Å². The topological polar surface area (TPSA) is 16.4 Å². The third kappa shape index (κ3) is 2.25. The standard InChI is InChI=1S/C22H22BN2O/c1-22(2,3)17-12-13-24-15-16-8-7-11-19-21(16)25(20(24)14-17)23(26-19)18-9-5-4-6-10-18/h4-14H,15H2,1-3H3/q+1. The number of rotatable bonds is 1. The van der Waals surface area contributed by atoms with Gasteiger partial charge in [-0.1, -0.05) is 63.2 Å². The minimum Gasteiger partial charge on any atom is -0.514 e. The first-order chi connectivity index (χ1) is 12.5. The summed E-state index contributed by atoms with van der Waals surface area (Å²) in [6.45, 7) is 7.66. The lowest BCUT2D eigenvalue weighted by molar-refractivity contribution is -0.676. The van der Waals surface area contributed by atoms with Gasteiger partial charge in [-0.15, -0.1) is 0 Å². The predicted octanol–water partition coefficient (Wildman–Crippen LogP) is 3.56. The highest BCUT2D eigenvalue weighted by Crippen LogP contribution is 2.44. The molecule has 0 fully saturated rings. The monoisotopic (exact) mass is 341 g/mol. The molecule has 0 unspecified atom stereocenters. The number of fused-ring (bicyclic) bond motifs is 2. The number of anilines is 2. The average molecular weight is 341 g/mol. The number of hydrogen-bond acceptors (Lipinski definition) is 2. The molecule has 1 aromatic heterocycles. The van der Waals surface area contributed by atoms with Gasteiger partial charge in [-0.05, 0) is 23.1 Å². The third-order valence-electron chi connectivity index (χ3n) is 5.35. The molecular weight excluding hydrogens is 319 g/mol. The molecule has 4 heteroatoms. The highest BCUT2D eigenvalue weighted by atomic mass is 16.5. The van der Waals surface area contributed by atoms with Crippen molar-refractivity contribution in [3.05, 3.63) is 78.0 Å². The van der Waals surface area contributed by atoms with Gasteiger partial charge in [0, 0.05) is 17.1 Å². The fourth-order valence-corrected chi connectivity index (χ4v) is 3.93. The number of hydrogen-bond donors (Lipinski definition) is 0. The van der Waals surface area contributed by atoms with Gasteiger partial charge >= 0.3 is 7.05 Å². The molecule has 0 radical (unpaired) electrons. The maximum Gasteiger partial charge on any atom is 0.647 e. The lowest BCUT2D eigenvalue weighted by Gasteiger charge is -2.26. The molecule has 0 bridgehead atoms. The molecule has 0 spiro atoms. The first-order valence-corrected chi connectivity index (χ1v) is 9.19. The van der Waals surface area contributed by atoms with Crippen molar-refractivity contribution in [3.8, 4) is 5.75 Å². The van der Waals surface area contributed by atoms with Gasteiger partial charge in [-0.25, -0.2) is 9.38 Å². The largest absolute Gasteiger partial charge is 0.647 e. The van der Waals surface area contributed by atoms with Gasteiger partial charge in [0.1, 0.15) is 12.3 Å². The molecule has 3 nitrogen and oxygen atoms in total. The van der Waals surface area contributed by atoms with Crippen molar-refractivity contribution in [1.29, 1.82) is 0 Å². The van der Waals surface area contributed by atoms with Gasteiger partial charge in [0.2, 0.25) is 0 Å². The molecule has 26 heavy (non-hydrogen) atoms. The van der Waals surface area contributed by atoms with E-state index in [1.54, 1.807) is 0 Å². The highest BCUT2D eigenvalue weighted by molar-refractivity contribution is 6.74. The minimum atomic E-state index is -0.130. The molecule has 0 aliphatic carbocycles. The molecule has 128 valence electrons. The summed E-state index contributed by atoms with van der Waals surface area (Å²) in [6.07, 6.45) is 2.21. The second-order valence-electron chi connectivity index (χ2n) is 8.17. The fourth-order valence-electron chi connectivity index (χ4n) is 3.93. The number of pyridine rings is 1. The van der Waals surface area contributed by atoms with E-state index in [0.717, 1.165) is 12.3 Å². The second-order valence-corrected chi connectivity index (χ2v) is 8.17. The van der Waals surface area contributed by atoms with Crippen LogP contribution >= 0.6 is 0 Å². The van der Waals surface area contributed by atoms with E-state index < -0.39 is 0 Å². The van der Waals surface area contributed by atoms with Crippen LogP contribution < -0.4 is 19.5 Å². The highest BCUT2D eigenvalue weighted by Gasteiger charge is 2.51. The Hall–Kier alpha value is -2.75. The van der Waals surface area contributed by atoms with E-state index in [1.165, 1.54) is 28.1 Å². The Kier molecular flexibility index (Phi) is 3.20. The molecular formula is C22H22BN2O+. The van der Waals surface area contributed by atoms with Crippen molar-refractivity contribution in [1.82, 2.24) is 0 Å². The number of benzene rings is 2. The van der Waals surface area contributed by atoms with Gasteiger partial charge in [-0.2, -0.15) is 0 Å². The van der Waals surface area contributed by atoms with Crippen molar-refractivity contribution in [2.75, 3.05) is 4.81 Å². The van der Waals surface area contributed by atoms with Gasteiger partial charge < -0.3 is 4.65 Å². The summed E-state index contributed by atoms with van der Waals surface area (Å²) in [4.78, 5) is 2.36. The average Bonchev–Trinajstić information content (AvgIpc) is 3.03. The van der Waals surface area contributed by atoms with E-state index in [9.17, 15) is 0 Å². The number of nitrogens with zero attached hydrogens (tertiary/aromatic N) is 2. The van der Waals surface area contributed by atoms with Crippen LogP contribution in [0.5, 0.6) is 5.75 Å². The summed E-state index contributed by atoms with van der Waals surface area (Å²) in [5.41, 5.74) is 5.14. The quantitative estimate of drug-likeness (QED) is 0.497. The molecule has 3 heterocycles. The molecule has 2 aliphatic heterocycles. The first-order valence-electron chi connectivity index (χ1n) is 9.19. The Morgan fingerprint density at radius 1 is 1.00 bits per heavy atom. The van der Waals surface area contributed by atoms with E-state index in [-0.39, 0.29) is 12.5 Å². The van der Waals surface area contributed by atoms with Crippen molar-refractivity contribution in [3.63, 3.8) is 0 Å². The molecule has 0 N–H and O–H groups in total. The van der Waals surface area contributed by atoms with Gasteiger partial charge in [0.05, 0.1) is 6.20 Å². The molecule has 5 rings (SSSR count). The van der Waals surface area contributed by atoms with Crippen LogP contribution in [-0.2, 0) is 12.0 Å². The summed E-state index contributed by atoms with van der Waals surface area (Å²) in [7, 11) is -0.130. The van der Waals surface area contributed by atoms with Crippen LogP contribution in [0.2, 0.25) is 0 Å². The second kappa shape index (κ2) is 5.37. The van der Waals surface area contributed by atoms with E-state index in [4.69, 9.17) is 4.65 Å². The summed E-state index contributed by atoms with van der Waals surface area (Å²) < 4.78 is 8.74. The maximum atomic E-state index is 6.41. The van der Waals surface area contributed by atoms with Crippen LogP contribution in [0.4, 0.5) is 11.5 Å². The lowest BCUT2D eigenvalue weighted by Crippen LogP contribution is -2.54. The van der Waals surface area contributed by atoms with E-state index in [0.29, 0.717) is 0 Å².